The summed E-state index contributed by atoms with van der Waals surface area (Å²) >= 11 is 0. The van der Waals surface area contributed by atoms with E-state index in [1.807, 2.05) is 0 Å². The predicted molar refractivity (Wildman–Crippen MR) is 270 cm³/mol. The predicted octanol–water partition coefficient (Wildman–Crippen LogP) is 22.5. The lowest BCUT2D eigenvalue weighted by Gasteiger charge is -2.11. The Morgan fingerprint density at radius 2 is 0.276 bits per heavy atom. The van der Waals surface area contributed by atoms with Gasteiger partial charge in [0, 0.05) is 0 Å². The third-order valence-electron chi connectivity index (χ3n) is 13.9. The molecule has 0 aromatic heterocycles. The number of rotatable bonds is 54. The maximum absolute atomic E-state index is 4.46. The average molecular weight is 815 g/mol. The monoisotopic (exact) mass is 814 g/mol. The van der Waals surface area contributed by atoms with Crippen molar-refractivity contribution in [1.29, 1.82) is 0 Å². The molecule has 0 saturated carbocycles. The second-order valence-electron chi connectivity index (χ2n) is 20.1. The Labute approximate surface area is 372 Å². The van der Waals surface area contributed by atoms with E-state index < -0.39 is 0 Å². The van der Waals surface area contributed by atoms with Gasteiger partial charge >= 0.3 is 0 Å². The van der Waals surface area contributed by atoms with Crippen LogP contribution in [0.15, 0.2) is 0 Å². The zero-order valence-electron chi connectivity index (χ0n) is 41.5. The lowest BCUT2D eigenvalue weighted by Crippen LogP contribution is -1.95. The van der Waals surface area contributed by atoms with Crippen molar-refractivity contribution in [3.63, 3.8) is 0 Å². The summed E-state index contributed by atoms with van der Waals surface area (Å²) in [5, 5.41) is 0. The van der Waals surface area contributed by atoms with E-state index in [9.17, 15) is 0 Å². The number of hydrogen-bond acceptors (Lipinski definition) is 0. The summed E-state index contributed by atoms with van der Waals surface area (Å²) in [4.78, 5) is 0. The Bertz CT molecular complexity index is 665. The maximum Gasteiger partial charge on any atom is -0.0414 e. The summed E-state index contributed by atoms with van der Waals surface area (Å²) in [5.41, 5.74) is 0. The van der Waals surface area contributed by atoms with Crippen molar-refractivity contribution >= 4 is 0 Å². The smallest absolute Gasteiger partial charge is 0.0414 e. The minimum atomic E-state index is 0.714. The minimum Gasteiger partial charge on any atom is -0.0654 e. The van der Waals surface area contributed by atoms with E-state index in [4.69, 9.17) is 0 Å². The van der Waals surface area contributed by atoms with E-state index in [2.05, 4.69) is 20.8 Å². The number of unbranched alkanes of at least 4 members (excludes halogenated alkanes) is 50. The highest BCUT2D eigenvalue weighted by molar-refractivity contribution is 4.62. The Kier molecular flexibility index (Phi) is 55.0. The molecule has 0 aliphatic heterocycles. The average Bonchev–Trinajstić information content (AvgIpc) is 3.23. The normalized spacial score (nSPS) is 12.3. The van der Waals surface area contributed by atoms with E-state index >= 15 is 0 Å². The first-order valence-electron chi connectivity index (χ1n) is 28.6. The van der Waals surface area contributed by atoms with E-state index in [1.54, 1.807) is 0 Å². The second kappa shape index (κ2) is 55.0. The molecule has 0 amide bonds. The van der Waals surface area contributed by atoms with Crippen molar-refractivity contribution in [2.24, 2.45) is 5.92 Å². The van der Waals surface area contributed by atoms with Gasteiger partial charge in [-0.25, -0.2) is 0 Å². The molecule has 0 aliphatic rings. The van der Waals surface area contributed by atoms with Crippen LogP contribution in [0.4, 0.5) is 0 Å². The van der Waals surface area contributed by atoms with Crippen LogP contribution in [-0.4, -0.2) is 0 Å². The van der Waals surface area contributed by atoms with Gasteiger partial charge in [0.25, 0.3) is 0 Å². The molecule has 0 spiro atoms. The Morgan fingerprint density at radius 3 is 0.397 bits per heavy atom. The summed E-state index contributed by atoms with van der Waals surface area (Å²) in [6.45, 7) is 9.09. The van der Waals surface area contributed by atoms with Gasteiger partial charge in [0.05, 0.1) is 0 Å². The van der Waals surface area contributed by atoms with Crippen molar-refractivity contribution < 1.29 is 0 Å². The van der Waals surface area contributed by atoms with Crippen molar-refractivity contribution in [3.8, 4) is 0 Å². The minimum absolute atomic E-state index is 0.714. The van der Waals surface area contributed by atoms with Gasteiger partial charge in [-0.15, -0.1) is 0 Å². The molecule has 0 heterocycles. The third-order valence-corrected chi connectivity index (χ3v) is 13.9. The highest BCUT2D eigenvalue weighted by atomic mass is 14.1. The second-order valence-corrected chi connectivity index (χ2v) is 20.1. The highest BCUT2D eigenvalue weighted by Crippen LogP contribution is 2.21. The van der Waals surface area contributed by atoms with Crippen LogP contribution in [0.1, 0.15) is 361 Å². The molecule has 0 rings (SSSR count). The van der Waals surface area contributed by atoms with Gasteiger partial charge in [-0.3, -0.25) is 0 Å². The maximum atomic E-state index is 4.46. The first kappa shape index (κ1) is 58.0. The molecule has 349 valence electrons. The van der Waals surface area contributed by atoms with Crippen molar-refractivity contribution in [2.45, 2.75) is 361 Å². The molecular weight excluding hydrogens is 697 g/mol. The molecular formula is C58H117. The van der Waals surface area contributed by atoms with E-state index in [0.717, 1.165) is 0 Å². The van der Waals surface area contributed by atoms with Crippen LogP contribution >= 0.6 is 0 Å². The van der Waals surface area contributed by atoms with Gasteiger partial charge in [0.15, 0.2) is 0 Å². The topological polar surface area (TPSA) is 0 Å². The van der Waals surface area contributed by atoms with Gasteiger partial charge in [-0.05, 0) is 5.92 Å². The summed E-state index contributed by atoms with van der Waals surface area (Å²) in [7, 11) is 0. The molecule has 58 heavy (non-hydrogen) atoms. The van der Waals surface area contributed by atoms with Crippen molar-refractivity contribution in [3.05, 3.63) is 6.92 Å². The third kappa shape index (κ3) is 54.0. The molecule has 1 radical (unpaired) electrons. The first-order chi connectivity index (χ1) is 28.8. The van der Waals surface area contributed by atoms with Crippen LogP contribution in [0, 0.1) is 12.8 Å². The molecule has 0 N–H and O–H groups in total. The van der Waals surface area contributed by atoms with Crippen molar-refractivity contribution in [2.75, 3.05) is 0 Å². The molecule has 1 unspecified atom stereocenters. The zero-order chi connectivity index (χ0) is 41.8. The lowest BCUT2D eigenvalue weighted by molar-refractivity contribution is 0.459. The van der Waals surface area contributed by atoms with Crippen LogP contribution < -0.4 is 0 Å². The molecule has 0 aromatic carbocycles. The fraction of sp³-hybridized carbons (Fsp3) is 0.983. The molecule has 0 aliphatic carbocycles. The van der Waals surface area contributed by atoms with Gasteiger partial charge in [-0.1, -0.05) is 367 Å². The summed E-state index contributed by atoms with van der Waals surface area (Å²) in [6.07, 6.45) is 79.5. The molecule has 0 bridgehead atoms. The summed E-state index contributed by atoms with van der Waals surface area (Å²) in [6, 6.07) is 0. The standard InChI is InChI=1S/C58H117/c1-4-6-8-10-12-14-16-17-18-19-20-21-22-23-24-25-26-27-28-29-30-31-32-33-34-35-36-37-38-39-40-41-42-43-44-45-46-47-49-51-53-55-57-58(3)56-54-52-50-48-15-13-11-9-7-5-2/h58H,3-57H2,1-2H3. The van der Waals surface area contributed by atoms with Gasteiger partial charge in [0.2, 0.25) is 0 Å². The van der Waals surface area contributed by atoms with Gasteiger partial charge < -0.3 is 0 Å². The lowest BCUT2D eigenvalue weighted by atomic mass is 9.95. The molecule has 0 saturated heterocycles. The quantitative estimate of drug-likeness (QED) is 0.0537. The van der Waals surface area contributed by atoms with Crippen LogP contribution in [0.5, 0.6) is 0 Å². The molecule has 0 heteroatoms. The molecule has 0 fully saturated rings. The van der Waals surface area contributed by atoms with Crippen LogP contribution in [0.2, 0.25) is 0 Å². The van der Waals surface area contributed by atoms with E-state index in [1.165, 1.54) is 347 Å². The molecule has 0 aromatic rings. The van der Waals surface area contributed by atoms with E-state index in [-0.39, 0.29) is 0 Å². The Hall–Kier alpha value is 0. The largest absolute Gasteiger partial charge is 0.0654 e. The molecule has 0 nitrogen and oxygen atoms in total. The fourth-order valence-corrected chi connectivity index (χ4v) is 9.64. The van der Waals surface area contributed by atoms with Crippen LogP contribution in [0.25, 0.3) is 0 Å². The van der Waals surface area contributed by atoms with Crippen molar-refractivity contribution in [1.82, 2.24) is 0 Å². The number of hydrogen-bond donors (Lipinski definition) is 0. The summed E-state index contributed by atoms with van der Waals surface area (Å²) < 4.78 is 0. The Balaban J connectivity index is 3.10. The van der Waals surface area contributed by atoms with Gasteiger partial charge in [-0.2, -0.15) is 0 Å². The van der Waals surface area contributed by atoms with Gasteiger partial charge in [0.1, 0.15) is 0 Å². The fourth-order valence-electron chi connectivity index (χ4n) is 9.64. The Morgan fingerprint density at radius 1 is 0.172 bits per heavy atom. The SMILES string of the molecule is [CH2]C(CCCCCCCCCCCC)CCCCCCCCCCCCCCCCCCCCCCCCCCCCCCCCCCCCCCCCCCCC. The zero-order valence-corrected chi connectivity index (χ0v) is 41.5. The molecule has 1 atom stereocenters. The van der Waals surface area contributed by atoms with E-state index in [0.29, 0.717) is 5.92 Å². The van der Waals surface area contributed by atoms with Crippen LogP contribution in [-0.2, 0) is 0 Å². The first-order valence-corrected chi connectivity index (χ1v) is 28.6. The summed E-state index contributed by atoms with van der Waals surface area (Å²) in [5.74, 6) is 0.714. The highest BCUT2D eigenvalue weighted by Gasteiger charge is 2.03. The van der Waals surface area contributed by atoms with Crippen LogP contribution in [0.3, 0.4) is 0 Å².